The van der Waals surface area contributed by atoms with Crippen molar-refractivity contribution in [3.05, 3.63) is 34.9 Å². The van der Waals surface area contributed by atoms with Crippen LogP contribution in [0.15, 0.2) is 24.3 Å². The molecule has 1 saturated heterocycles. The van der Waals surface area contributed by atoms with Gasteiger partial charge in [-0.2, -0.15) is 0 Å². The number of amides is 1. The van der Waals surface area contributed by atoms with Crippen LogP contribution in [0, 0.1) is 5.92 Å². The summed E-state index contributed by atoms with van der Waals surface area (Å²) in [5, 5.41) is 3.71. The Morgan fingerprint density at radius 2 is 1.84 bits per heavy atom. The molecule has 1 saturated carbocycles. The van der Waals surface area contributed by atoms with Gasteiger partial charge in [-0.3, -0.25) is 9.69 Å². The number of nitrogens with two attached hydrogens (primary N) is 1. The lowest BCUT2D eigenvalue weighted by Gasteiger charge is -2.29. The zero-order valence-corrected chi connectivity index (χ0v) is 16.7. The summed E-state index contributed by atoms with van der Waals surface area (Å²) in [6.45, 7) is 2.31. The first-order chi connectivity index (χ1) is 11.2. The normalized spacial score (nSPS) is 22.8. The smallest absolute Gasteiger partial charge is 0.221 e. The molecule has 2 atom stereocenters. The van der Waals surface area contributed by atoms with Crippen LogP contribution in [0.5, 0.6) is 0 Å². The van der Waals surface area contributed by atoms with E-state index in [2.05, 4.69) is 10.2 Å². The van der Waals surface area contributed by atoms with Crippen LogP contribution in [0.2, 0.25) is 5.02 Å². The molecule has 25 heavy (non-hydrogen) atoms. The van der Waals surface area contributed by atoms with Crippen LogP contribution in [0.1, 0.15) is 37.7 Å². The molecule has 2 aliphatic rings. The Morgan fingerprint density at radius 1 is 1.16 bits per heavy atom. The number of hydrogen-bond acceptors (Lipinski definition) is 3. The van der Waals surface area contributed by atoms with E-state index in [1.54, 1.807) is 0 Å². The van der Waals surface area contributed by atoms with Crippen molar-refractivity contribution in [2.45, 2.75) is 50.7 Å². The second-order valence-electron chi connectivity index (χ2n) is 6.83. The Morgan fingerprint density at radius 3 is 2.48 bits per heavy atom. The van der Waals surface area contributed by atoms with E-state index >= 15 is 0 Å². The van der Waals surface area contributed by atoms with Crippen molar-refractivity contribution in [3.63, 3.8) is 0 Å². The Bertz CT molecular complexity index is 554. The van der Waals surface area contributed by atoms with Gasteiger partial charge in [-0.25, -0.2) is 0 Å². The van der Waals surface area contributed by atoms with Gasteiger partial charge in [0.15, 0.2) is 0 Å². The highest BCUT2D eigenvalue weighted by atomic mass is 35.5. The number of benzene rings is 1. The fourth-order valence-corrected chi connectivity index (χ4v) is 3.71. The van der Waals surface area contributed by atoms with Crippen molar-refractivity contribution in [2.24, 2.45) is 11.7 Å². The van der Waals surface area contributed by atoms with Crippen molar-refractivity contribution >= 4 is 42.3 Å². The molecule has 0 spiro atoms. The van der Waals surface area contributed by atoms with Crippen molar-refractivity contribution in [1.29, 1.82) is 0 Å². The topological polar surface area (TPSA) is 58.4 Å². The summed E-state index contributed by atoms with van der Waals surface area (Å²) in [5.74, 6) is 0.934. The molecule has 7 heteroatoms. The third-order valence-electron chi connectivity index (χ3n) is 5.06. The minimum Gasteiger partial charge on any atom is -0.352 e. The largest absolute Gasteiger partial charge is 0.352 e. The summed E-state index contributed by atoms with van der Waals surface area (Å²) in [6, 6.07) is 8.43. The van der Waals surface area contributed by atoms with Gasteiger partial charge in [-0.05, 0) is 43.2 Å². The Hall–Kier alpha value is -0.520. The number of likely N-dealkylation sites (tertiary alicyclic amines) is 1. The number of rotatable bonds is 7. The molecule has 142 valence electrons. The summed E-state index contributed by atoms with van der Waals surface area (Å²) in [6.07, 6.45) is 5.42. The predicted molar refractivity (Wildman–Crippen MR) is 108 cm³/mol. The quantitative estimate of drug-likeness (QED) is 0.727. The monoisotopic (exact) mass is 407 g/mol. The zero-order chi connectivity index (χ0) is 16.2. The summed E-state index contributed by atoms with van der Waals surface area (Å²) >= 11 is 6.13. The molecule has 0 radical (unpaired) electrons. The molecule has 1 aromatic rings. The van der Waals surface area contributed by atoms with Gasteiger partial charge in [0.2, 0.25) is 5.91 Å². The van der Waals surface area contributed by atoms with Crippen LogP contribution in [-0.4, -0.2) is 36.0 Å². The second-order valence-corrected chi connectivity index (χ2v) is 7.24. The van der Waals surface area contributed by atoms with E-state index < -0.39 is 0 Å². The number of nitrogens with zero attached hydrogens (tertiary/aromatic N) is 1. The average molecular weight is 409 g/mol. The minimum atomic E-state index is 0. The maximum Gasteiger partial charge on any atom is 0.221 e. The highest BCUT2D eigenvalue weighted by molar-refractivity contribution is 6.31. The lowest BCUT2D eigenvalue weighted by atomic mass is 10.1. The number of halogens is 3. The SMILES string of the molecule is Cl.Cl.NC[C@H]1CC[C@@H](CC(=O)NCc2ccccc2Cl)N1CC1CC1. The number of carbonyl (C=O) groups excluding carboxylic acids is 1. The molecule has 3 N–H and O–H groups in total. The van der Waals surface area contributed by atoms with E-state index in [0.717, 1.165) is 30.9 Å². The minimum absolute atomic E-state index is 0. The van der Waals surface area contributed by atoms with Crippen molar-refractivity contribution in [1.82, 2.24) is 10.2 Å². The lowest BCUT2D eigenvalue weighted by molar-refractivity contribution is -0.122. The van der Waals surface area contributed by atoms with E-state index in [0.29, 0.717) is 36.6 Å². The summed E-state index contributed by atoms with van der Waals surface area (Å²) in [4.78, 5) is 14.8. The molecule has 1 aliphatic carbocycles. The predicted octanol–water partition coefficient (Wildman–Crippen LogP) is 3.39. The third-order valence-corrected chi connectivity index (χ3v) is 5.43. The van der Waals surface area contributed by atoms with Crippen molar-refractivity contribution in [2.75, 3.05) is 13.1 Å². The third kappa shape index (κ3) is 6.30. The number of carbonyl (C=O) groups is 1. The van der Waals surface area contributed by atoms with E-state index in [4.69, 9.17) is 17.3 Å². The number of nitrogens with one attached hydrogen (secondary N) is 1. The van der Waals surface area contributed by atoms with Gasteiger partial charge >= 0.3 is 0 Å². The summed E-state index contributed by atoms with van der Waals surface area (Å²) < 4.78 is 0. The van der Waals surface area contributed by atoms with E-state index in [-0.39, 0.29) is 30.7 Å². The van der Waals surface area contributed by atoms with Crippen LogP contribution in [0.3, 0.4) is 0 Å². The van der Waals surface area contributed by atoms with Crippen LogP contribution in [-0.2, 0) is 11.3 Å². The average Bonchev–Trinajstić information content (AvgIpc) is 3.29. The first kappa shape index (κ1) is 22.5. The fourth-order valence-electron chi connectivity index (χ4n) is 3.51. The van der Waals surface area contributed by atoms with Gasteiger partial charge in [-0.15, -0.1) is 24.8 Å². The molecule has 2 fully saturated rings. The van der Waals surface area contributed by atoms with Crippen molar-refractivity contribution < 1.29 is 4.79 Å². The molecular formula is C18H28Cl3N3O. The molecule has 4 nitrogen and oxygen atoms in total. The van der Waals surface area contributed by atoms with Gasteiger partial charge in [0, 0.05) is 43.2 Å². The Balaban J connectivity index is 0.00000156. The molecule has 0 unspecified atom stereocenters. The number of hydrogen-bond donors (Lipinski definition) is 2. The molecule has 1 aromatic carbocycles. The first-order valence-electron chi connectivity index (χ1n) is 8.63. The Kier molecular flexibility index (Phi) is 9.54. The van der Waals surface area contributed by atoms with Crippen molar-refractivity contribution in [3.8, 4) is 0 Å². The zero-order valence-electron chi connectivity index (χ0n) is 14.3. The van der Waals surface area contributed by atoms with E-state index in [1.165, 1.54) is 12.8 Å². The molecule has 1 aliphatic heterocycles. The highest BCUT2D eigenvalue weighted by Crippen LogP contribution is 2.35. The molecular weight excluding hydrogens is 381 g/mol. The standard InChI is InChI=1S/C18H26ClN3O.2ClH/c19-17-4-2-1-3-14(17)11-21-18(23)9-15-7-8-16(10-20)22(15)12-13-5-6-13;;/h1-4,13,15-16H,5-12,20H2,(H,21,23);2*1H/t15-,16+;;/m0../s1. The van der Waals surface area contributed by atoms with E-state index in [9.17, 15) is 4.79 Å². The second kappa shape index (κ2) is 10.6. The lowest BCUT2D eigenvalue weighted by Crippen LogP contribution is -2.43. The van der Waals surface area contributed by atoms with Gasteiger partial charge < -0.3 is 11.1 Å². The van der Waals surface area contributed by atoms with Gasteiger partial charge in [-0.1, -0.05) is 29.8 Å². The highest BCUT2D eigenvalue weighted by Gasteiger charge is 2.37. The van der Waals surface area contributed by atoms with Crippen LogP contribution < -0.4 is 11.1 Å². The fraction of sp³-hybridized carbons (Fsp3) is 0.611. The van der Waals surface area contributed by atoms with Gasteiger partial charge in [0.05, 0.1) is 0 Å². The maximum atomic E-state index is 12.3. The molecule has 0 aromatic heterocycles. The van der Waals surface area contributed by atoms with Gasteiger partial charge in [0.1, 0.15) is 0 Å². The molecule has 3 rings (SSSR count). The summed E-state index contributed by atoms with van der Waals surface area (Å²) in [7, 11) is 0. The first-order valence-corrected chi connectivity index (χ1v) is 9.01. The van der Waals surface area contributed by atoms with Crippen LogP contribution in [0.25, 0.3) is 0 Å². The molecule has 1 heterocycles. The van der Waals surface area contributed by atoms with E-state index in [1.807, 2.05) is 24.3 Å². The van der Waals surface area contributed by atoms with Crippen LogP contribution >= 0.6 is 36.4 Å². The maximum absolute atomic E-state index is 12.3. The molecule has 1 amide bonds. The Labute approximate surface area is 167 Å². The molecule has 0 bridgehead atoms. The summed E-state index contributed by atoms with van der Waals surface area (Å²) in [5.41, 5.74) is 6.87. The van der Waals surface area contributed by atoms with Gasteiger partial charge in [0.25, 0.3) is 0 Å². The van der Waals surface area contributed by atoms with Crippen LogP contribution in [0.4, 0.5) is 0 Å².